The molecule has 0 saturated heterocycles. The number of esters is 3. The molecule has 0 aromatic carbocycles. The fourth-order valence-electron chi connectivity index (χ4n) is 7.61. The van der Waals surface area contributed by atoms with Crippen LogP contribution in [0.15, 0.2) is 12.2 Å². The first kappa shape index (κ1) is 56.1. The lowest BCUT2D eigenvalue weighted by molar-refractivity contribution is -0.167. The first-order chi connectivity index (χ1) is 28.5. The van der Waals surface area contributed by atoms with E-state index in [0.717, 1.165) is 57.8 Å². The molecule has 0 aliphatic carbocycles. The normalized spacial score (nSPS) is 12.0. The van der Waals surface area contributed by atoms with Gasteiger partial charge in [-0.25, -0.2) is 0 Å². The molecule has 0 aromatic heterocycles. The van der Waals surface area contributed by atoms with Gasteiger partial charge in [0.1, 0.15) is 13.2 Å². The number of unbranched alkanes of at least 4 members (excludes halogenated alkanes) is 34. The summed E-state index contributed by atoms with van der Waals surface area (Å²) >= 11 is 0. The van der Waals surface area contributed by atoms with Gasteiger partial charge in [-0.05, 0) is 44.9 Å². The van der Waals surface area contributed by atoms with Crippen LogP contribution in [0.25, 0.3) is 0 Å². The fraction of sp³-hybridized carbons (Fsp3) is 0.904. The molecule has 1 atom stereocenters. The standard InChI is InChI=1S/C52H98O6/c1-4-7-10-13-16-18-20-21-22-23-24-25-26-27-28-29-30-31-33-34-36-39-42-45-51(54)57-48-49(47-56-50(53)44-41-38-15-12-9-6-3)58-52(55)46-43-40-37-35-32-19-17-14-11-8-5-2/h23-24,49H,4-22,25-48H2,1-3H3/b24-23-. The topological polar surface area (TPSA) is 78.9 Å². The maximum absolute atomic E-state index is 12.7. The molecule has 0 saturated carbocycles. The van der Waals surface area contributed by atoms with Crippen LogP contribution < -0.4 is 0 Å². The van der Waals surface area contributed by atoms with E-state index >= 15 is 0 Å². The second-order valence-corrected chi connectivity index (χ2v) is 17.4. The van der Waals surface area contributed by atoms with Gasteiger partial charge in [0.15, 0.2) is 6.10 Å². The van der Waals surface area contributed by atoms with Crippen LogP contribution in [0.5, 0.6) is 0 Å². The van der Waals surface area contributed by atoms with E-state index in [4.69, 9.17) is 14.2 Å². The molecule has 0 N–H and O–H groups in total. The highest BCUT2D eigenvalue weighted by Gasteiger charge is 2.19. The van der Waals surface area contributed by atoms with E-state index in [0.29, 0.717) is 19.3 Å². The molecule has 1 unspecified atom stereocenters. The maximum Gasteiger partial charge on any atom is 0.306 e. The molecule has 6 heteroatoms. The van der Waals surface area contributed by atoms with Gasteiger partial charge >= 0.3 is 17.9 Å². The highest BCUT2D eigenvalue weighted by Crippen LogP contribution is 2.16. The van der Waals surface area contributed by atoms with Crippen molar-refractivity contribution in [1.29, 1.82) is 0 Å². The van der Waals surface area contributed by atoms with Crippen LogP contribution in [0.1, 0.15) is 284 Å². The summed E-state index contributed by atoms with van der Waals surface area (Å²) in [5, 5.41) is 0. The van der Waals surface area contributed by atoms with Crippen molar-refractivity contribution in [1.82, 2.24) is 0 Å². The van der Waals surface area contributed by atoms with Crippen molar-refractivity contribution < 1.29 is 28.6 Å². The zero-order chi connectivity index (χ0) is 42.3. The second kappa shape index (κ2) is 47.8. The van der Waals surface area contributed by atoms with Crippen LogP contribution in [0.2, 0.25) is 0 Å². The first-order valence-electron chi connectivity index (χ1n) is 25.7. The third kappa shape index (κ3) is 45.2. The van der Waals surface area contributed by atoms with Gasteiger partial charge in [0.2, 0.25) is 0 Å². The molecule has 6 nitrogen and oxygen atoms in total. The van der Waals surface area contributed by atoms with Crippen molar-refractivity contribution in [2.75, 3.05) is 13.2 Å². The van der Waals surface area contributed by atoms with Crippen molar-refractivity contribution in [3.05, 3.63) is 12.2 Å². The van der Waals surface area contributed by atoms with E-state index in [-0.39, 0.29) is 31.1 Å². The lowest BCUT2D eigenvalue weighted by Gasteiger charge is -2.18. The Labute approximate surface area is 360 Å². The fourth-order valence-corrected chi connectivity index (χ4v) is 7.61. The Morgan fingerprint density at radius 1 is 0.328 bits per heavy atom. The molecule has 0 aromatic rings. The number of hydrogen-bond donors (Lipinski definition) is 0. The number of rotatable bonds is 47. The lowest BCUT2D eigenvalue weighted by Crippen LogP contribution is -2.30. The van der Waals surface area contributed by atoms with Crippen molar-refractivity contribution >= 4 is 17.9 Å². The number of ether oxygens (including phenoxy) is 3. The largest absolute Gasteiger partial charge is 0.462 e. The minimum Gasteiger partial charge on any atom is -0.462 e. The third-order valence-electron chi connectivity index (χ3n) is 11.5. The Balaban J connectivity index is 4.06. The minimum atomic E-state index is -0.760. The van der Waals surface area contributed by atoms with E-state index in [1.807, 2.05) is 0 Å². The van der Waals surface area contributed by atoms with E-state index in [2.05, 4.69) is 32.9 Å². The van der Waals surface area contributed by atoms with Crippen LogP contribution in [-0.4, -0.2) is 37.2 Å². The van der Waals surface area contributed by atoms with Crippen molar-refractivity contribution in [2.24, 2.45) is 0 Å². The molecule has 0 aliphatic rings. The summed E-state index contributed by atoms with van der Waals surface area (Å²) in [4.78, 5) is 37.6. The average molecular weight is 819 g/mol. The zero-order valence-electron chi connectivity index (χ0n) is 39.1. The van der Waals surface area contributed by atoms with Gasteiger partial charge in [-0.15, -0.1) is 0 Å². The SMILES string of the molecule is CCCCCCCCCC/C=C\CCCCCCCCCCCCCC(=O)OCC(COC(=O)CCCCCCCC)OC(=O)CCCCCCCCCCCCC. The molecule has 58 heavy (non-hydrogen) atoms. The van der Waals surface area contributed by atoms with Crippen LogP contribution in [0.4, 0.5) is 0 Å². The van der Waals surface area contributed by atoms with Gasteiger partial charge in [0.25, 0.3) is 0 Å². The summed E-state index contributed by atoms with van der Waals surface area (Å²) in [7, 11) is 0. The predicted molar refractivity (Wildman–Crippen MR) is 247 cm³/mol. The van der Waals surface area contributed by atoms with E-state index < -0.39 is 6.10 Å². The first-order valence-corrected chi connectivity index (χ1v) is 25.7. The molecule has 0 radical (unpaired) electrons. The highest BCUT2D eigenvalue weighted by atomic mass is 16.6. The summed E-state index contributed by atoms with van der Waals surface area (Å²) in [5.41, 5.74) is 0. The number of carbonyl (C=O) groups is 3. The molecule has 342 valence electrons. The van der Waals surface area contributed by atoms with Gasteiger partial charge in [0, 0.05) is 19.3 Å². The van der Waals surface area contributed by atoms with Gasteiger partial charge in [-0.2, -0.15) is 0 Å². The second-order valence-electron chi connectivity index (χ2n) is 17.4. The van der Waals surface area contributed by atoms with Crippen LogP contribution >= 0.6 is 0 Å². The Hall–Kier alpha value is -1.85. The lowest BCUT2D eigenvalue weighted by atomic mass is 10.0. The summed E-state index contributed by atoms with van der Waals surface area (Å²) < 4.78 is 16.7. The highest BCUT2D eigenvalue weighted by molar-refractivity contribution is 5.71. The quantitative estimate of drug-likeness (QED) is 0.0263. The Morgan fingerprint density at radius 2 is 0.569 bits per heavy atom. The minimum absolute atomic E-state index is 0.0663. The summed E-state index contributed by atoms with van der Waals surface area (Å²) in [6.45, 7) is 6.60. The molecule has 0 bridgehead atoms. The predicted octanol–water partition coefficient (Wildman–Crippen LogP) is 16.6. The number of hydrogen-bond acceptors (Lipinski definition) is 6. The van der Waals surface area contributed by atoms with Crippen LogP contribution in [0, 0.1) is 0 Å². The van der Waals surface area contributed by atoms with E-state index in [1.54, 1.807) is 0 Å². The molecule has 0 aliphatic heterocycles. The molecular formula is C52H98O6. The molecule has 0 amide bonds. The van der Waals surface area contributed by atoms with E-state index in [1.165, 1.54) is 186 Å². The van der Waals surface area contributed by atoms with Crippen LogP contribution in [-0.2, 0) is 28.6 Å². The van der Waals surface area contributed by atoms with Gasteiger partial charge < -0.3 is 14.2 Å². The average Bonchev–Trinajstić information content (AvgIpc) is 3.22. The van der Waals surface area contributed by atoms with Crippen molar-refractivity contribution in [3.63, 3.8) is 0 Å². The van der Waals surface area contributed by atoms with Crippen molar-refractivity contribution in [2.45, 2.75) is 290 Å². The molecule has 0 heterocycles. The summed E-state index contributed by atoms with van der Waals surface area (Å²) in [5.74, 6) is -0.865. The third-order valence-corrected chi connectivity index (χ3v) is 11.5. The molecular weight excluding hydrogens is 721 g/mol. The summed E-state index contributed by atoms with van der Waals surface area (Å²) in [6.07, 6.45) is 52.3. The number of carbonyl (C=O) groups excluding carboxylic acids is 3. The molecule has 0 spiro atoms. The number of allylic oxidation sites excluding steroid dienone is 2. The zero-order valence-corrected chi connectivity index (χ0v) is 39.1. The van der Waals surface area contributed by atoms with Crippen LogP contribution in [0.3, 0.4) is 0 Å². The Bertz CT molecular complexity index is 900. The monoisotopic (exact) mass is 819 g/mol. The molecule has 0 rings (SSSR count). The van der Waals surface area contributed by atoms with E-state index in [9.17, 15) is 14.4 Å². The van der Waals surface area contributed by atoms with Gasteiger partial charge in [-0.3, -0.25) is 14.4 Å². The summed E-state index contributed by atoms with van der Waals surface area (Å²) in [6, 6.07) is 0. The van der Waals surface area contributed by atoms with Gasteiger partial charge in [-0.1, -0.05) is 232 Å². The Kier molecular flexibility index (Phi) is 46.3. The molecule has 0 fully saturated rings. The maximum atomic E-state index is 12.7. The smallest absolute Gasteiger partial charge is 0.306 e. The van der Waals surface area contributed by atoms with Crippen molar-refractivity contribution in [3.8, 4) is 0 Å². The Morgan fingerprint density at radius 3 is 0.862 bits per heavy atom. The van der Waals surface area contributed by atoms with Gasteiger partial charge in [0.05, 0.1) is 0 Å².